The molecular weight excluding hydrogens is 276 g/mol. The van der Waals surface area contributed by atoms with Crippen molar-refractivity contribution >= 4 is 12.1 Å². The highest BCUT2D eigenvalue weighted by atomic mass is 16.4. The van der Waals surface area contributed by atoms with E-state index < -0.39 is 0 Å². The maximum Gasteiger partial charge on any atom is 0.254 e. The van der Waals surface area contributed by atoms with Crippen molar-refractivity contribution in [3.8, 4) is 6.07 Å². The maximum atomic E-state index is 9.22. The molecule has 0 saturated carbocycles. The second-order valence-corrected chi connectivity index (χ2v) is 6.22. The van der Waals surface area contributed by atoms with Crippen molar-refractivity contribution in [3.63, 3.8) is 0 Å². The number of hydrogen-bond donors (Lipinski definition) is 0. The number of aryl methyl sites for hydroxylation is 1. The van der Waals surface area contributed by atoms with Gasteiger partial charge in [-0.1, -0.05) is 50.6 Å². The minimum absolute atomic E-state index is 0.244. The Morgan fingerprint density at radius 3 is 2.68 bits per heavy atom. The van der Waals surface area contributed by atoms with E-state index in [-0.39, 0.29) is 11.1 Å². The molecule has 1 aromatic carbocycles. The first-order valence-corrected chi connectivity index (χ1v) is 7.07. The average Bonchev–Trinajstić information content (AvgIpc) is 2.89. The van der Waals surface area contributed by atoms with Crippen LogP contribution in [0.5, 0.6) is 0 Å². The monoisotopic (exact) mass is 296 g/mol. The number of rotatable bonds is 3. The Labute approximate surface area is 130 Å². The van der Waals surface area contributed by atoms with Crippen molar-refractivity contribution in [2.24, 2.45) is 5.10 Å². The first-order valence-electron chi connectivity index (χ1n) is 7.07. The molecule has 0 spiro atoms. The van der Waals surface area contributed by atoms with Gasteiger partial charge in [-0.15, -0.1) is 0 Å². The second kappa shape index (κ2) is 6.02. The minimum Gasteiger partial charge on any atom is -0.421 e. The van der Waals surface area contributed by atoms with E-state index in [9.17, 15) is 5.26 Å². The summed E-state index contributed by atoms with van der Waals surface area (Å²) in [6, 6.07) is 10.1. The third-order valence-corrected chi connectivity index (χ3v) is 3.07. The predicted molar refractivity (Wildman–Crippen MR) is 87.1 cm³/mol. The van der Waals surface area contributed by atoms with E-state index in [4.69, 9.17) is 4.42 Å². The van der Waals surface area contributed by atoms with Gasteiger partial charge in [0.25, 0.3) is 5.88 Å². The topological polar surface area (TPSA) is 65.4 Å². The van der Waals surface area contributed by atoms with Crippen LogP contribution in [-0.2, 0) is 5.41 Å². The van der Waals surface area contributed by atoms with Crippen LogP contribution in [0.15, 0.2) is 33.8 Å². The molecule has 0 aliphatic carbocycles. The Kier molecular flexibility index (Phi) is 4.32. The van der Waals surface area contributed by atoms with Gasteiger partial charge < -0.3 is 4.42 Å². The molecule has 0 atom stereocenters. The number of benzene rings is 1. The van der Waals surface area contributed by atoms with E-state index in [1.165, 1.54) is 10.6 Å². The number of aromatic nitrogens is 1. The summed E-state index contributed by atoms with van der Waals surface area (Å²) in [5, 5.41) is 15.1. The lowest BCUT2D eigenvalue weighted by Gasteiger charge is -2.13. The first kappa shape index (κ1) is 15.8. The molecule has 22 heavy (non-hydrogen) atoms. The lowest BCUT2D eigenvalue weighted by Crippen LogP contribution is -2.11. The van der Waals surface area contributed by atoms with Crippen LogP contribution in [0, 0.1) is 18.3 Å². The fourth-order valence-corrected chi connectivity index (χ4v) is 1.88. The van der Waals surface area contributed by atoms with Crippen molar-refractivity contribution < 1.29 is 4.42 Å². The molecule has 2 aromatic rings. The summed E-state index contributed by atoms with van der Waals surface area (Å²) < 4.78 is 5.72. The summed E-state index contributed by atoms with van der Waals surface area (Å²) in [4.78, 5) is 4.25. The number of hydrazone groups is 1. The first-order chi connectivity index (χ1) is 10.3. The summed E-state index contributed by atoms with van der Waals surface area (Å²) in [5.41, 5.74) is 2.14. The third-order valence-electron chi connectivity index (χ3n) is 3.07. The summed E-state index contributed by atoms with van der Waals surface area (Å²) in [6.45, 7) is 7.99. The van der Waals surface area contributed by atoms with Gasteiger partial charge in [-0.2, -0.15) is 15.3 Å². The highest BCUT2D eigenvalue weighted by Crippen LogP contribution is 2.28. The van der Waals surface area contributed by atoms with Crippen LogP contribution >= 0.6 is 0 Å². The molecule has 0 amide bonds. The van der Waals surface area contributed by atoms with Gasteiger partial charge in [0, 0.05) is 12.5 Å². The largest absolute Gasteiger partial charge is 0.421 e. The van der Waals surface area contributed by atoms with Crippen LogP contribution in [0.1, 0.15) is 43.5 Å². The average molecular weight is 296 g/mol. The van der Waals surface area contributed by atoms with Crippen molar-refractivity contribution in [3.05, 3.63) is 47.0 Å². The maximum absolute atomic E-state index is 9.22. The highest BCUT2D eigenvalue weighted by Gasteiger charge is 2.25. The molecule has 5 nitrogen and oxygen atoms in total. The smallest absolute Gasteiger partial charge is 0.254 e. The van der Waals surface area contributed by atoms with Crippen LogP contribution < -0.4 is 5.01 Å². The Morgan fingerprint density at radius 1 is 1.36 bits per heavy atom. The van der Waals surface area contributed by atoms with Gasteiger partial charge >= 0.3 is 0 Å². The SMILES string of the molecule is Cc1cccc(C=NN(C)c2oc(C(C)(C)C)nc2C#N)c1. The lowest BCUT2D eigenvalue weighted by atomic mass is 9.97. The standard InChI is InChI=1S/C17H20N4O/c1-12-7-6-8-13(9-12)11-19-21(5)15-14(10-18)20-16(22-15)17(2,3)4/h6-9,11H,1-5H3. The highest BCUT2D eigenvalue weighted by molar-refractivity contribution is 5.80. The van der Waals surface area contributed by atoms with Crippen molar-refractivity contribution in [2.75, 3.05) is 12.1 Å². The Hall–Kier alpha value is -2.61. The van der Waals surface area contributed by atoms with E-state index in [0.29, 0.717) is 11.8 Å². The molecular formula is C17H20N4O. The molecule has 0 aliphatic rings. The van der Waals surface area contributed by atoms with Gasteiger partial charge in [0.2, 0.25) is 11.6 Å². The Bertz CT molecular complexity index is 732. The molecule has 5 heteroatoms. The molecule has 0 saturated heterocycles. The zero-order valence-electron chi connectivity index (χ0n) is 13.6. The molecule has 0 N–H and O–H groups in total. The fourth-order valence-electron chi connectivity index (χ4n) is 1.88. The van der Waals surface area contributed by atoms with Crippen LogP contribution in [0.4, 0.5) is 5.88 Å². The zero-order chi connectivity index (χ0) is 16.3. The molecule has 0 aliphatic heterocycles. The van der Waals surface area contributed by atoms with Crippen LogP contribution in [0.2, 0.25) is 0 Å². The van der Waals surface area contributed by atoms with Gasteiger partial charge in [0.15, 0.2) is 0 Å². The summed E-state index contributed by atoms with van der Waals surface area (Å²) in [6.07, 6.45) is 1.73. The molecule has 0 bridgehead atoms. The van der Waals surface area contributed by atoms with Crippen LogP contribution in [0.25, 0.3) is 0 Å². The number of nitrogens with zero attached hydrogens (tertiary/aromatic N) is 4. The predicted octanol–water partition coefficient (Wildman–Crippen LogP) is 3.62. The van der Waals surface area contributed by atoms with E-state index in [2.05, 4.69) is 16.2 Å². The van der Waals surface area contributed by atoms with Crippen molar-refractivity contribution in [1.29, 1.82) is 5.26 Å². The van der Waals surface area contributed by atoms with E-state index in [1.54, 1.807) is 13.3 Å². The third kappa shape index (κ3) is 3.53. The zero-order valence-corrected chi connectivity index (χ0v) is 13.6. The fraction of sp³-hybridized carbons (Fsp3) is 0.353. The molecule has 114 valence electrons. The summed E-state index contributed by atoms with van der Waals surface area (Å²) in [7, 11) is 1.74. The van der Waals surface area contributed by atoms with Crippen LogP contribution in [-0.4, -0.2) is 18.2 Å². The molecule has 0 fully saturated rings. The van der Waals surface area contributed by atoms with Gasteiger partial charge in [0.1, 0.15) is 6.07 Å². The molecule has 0 unspecified atom stereocenters. The lowest BCUT2D eigenvalue weighted by molar-refractivity contribution is 0.394. The van der Waals surface area contributed by atoms with Crippen molar-refractivity contribution in [1.82, 2.24) is 4.98 Å². The van der Waals surface area contributed by atoms with E-state index in [1.807, 2.05) is 52.0 Å². The quantitative estimate of drug-likeness (QED) is 0.641. The molecule has 0 radical (unpaired) electrons. The number of anilines is 1. The number of nitriles is 1. The molecule has 1 heterocycles. The number of hydrogen-bond acceptors (Lipinski definition) is 5. The van der Waals surface area contributed by atoms with Gasteiger partial charge in [-0.25, -0.2) is 5.01 Å². The van der Waals surface area contributed by atoms with E-state index in [0.717, 1.165) is 5.56 Å². The van der Waals surface area contributed by atoms with Gasteiger partial charge in [-0.05, 0) is 12.5 Å². The summed E-state index contributed by atoms with van der Waals surface area (Å²) >= 11 is 0. The van der Waals surface area contributed by atoms with Crippen LogP contribution in [0.3, 0.4) is 0 Å². The molecule has 2 rings (SSSR count). The Morgan fingerprint density at radius 2 is 2.09 bits per heavy atom. The van der Waals surface area contributed by atoms with Crippen molar-refractivity contribution in [2.45, 2.75) is 33.1 Å². The second-order valence-electron chi connectivity index (χ2n) is 6.22. The summed E-state index contributed by atoms with van der Waals surface area (Å²) in [5.74, 6) is 0.882. The van der Waals surface area contributed by atoms with Gasteiger partial charge in [-0.3, -0.25) is 0 Å². The minimum atomic E-state index is -0.259. The number of oxazole rings is 1. The Balaban J connectivity index is 2.28. The normalized spacial score (nSPS) is 11.6. The molecule has 1 aromatic heterocycles. The van der Waals surface area contributed by atoms with Gasteiger partial charge in [0.05, 0.1) is 6.21 Å². The van der Waals surface area contributed by atoms with E-state index >= 15 is 0 Å².